The third-order valence-corrected chi connectivity index (χ3v) is 7.05. The zero-order chi connectivity index (χ0) is 20.3. The number of rotatable bonds is 5. The van der Waals surface area contributed by atoms with Crippen molar-refractivity contribution in [2.75, 3.05) is 11.9 Å². The second-order valence-corrected chi connectivity index (χ2v) is 9.36. The molecule has 1 aromatic carbocycles. The summed E-state index contributed by atoms with van der Waals surface area (Å²) in [6, 6.07) is 7.69. The van der Waals surface area contributed by atoms with Crippen LogP contribution < -0.4 is 5.32 Å². The van der Waals surface area contributed by atoms with Crippen molar-refractivity contribution in [3.63, 3.8) is 0 Å². The number of aliphatic hydroxyl groups is 3. The van der Waals surface area contributed by atoms with Crippen LogP contribution in [0.3, 0.4) is 0 Å². The summed E-state index contributed by atoms with van der Waals surface area (Å²) in [5, 5.41) is 34.1. The highest BCUT2D eigenvalue weighted by atomic mass is 127. The fraction of sp³-hybridized carbons (Fsp3) is 0.421. The van der Waals surface area contributed by atoms with E-state index < -0.39 is 23.7 Å². The van der Waals surface area contributed by atoms with Crippen LogP contribution >= 0.6 is 34.2 Å². The second kappa shape index (κ2) is 7.02. The smallest absolute Gasteiger partial charge is 0.226 e. The molecule has 1 unspecified atom stereocenters. The number of hydrogen-bond donors (Lipinski definition) is 4. The van der Waals surface area contributed by atoms with Crippen LogP contribution in [0.2, 0.25) is 5.28 Å². The molecule has 2 aliphatic rings. The van der Waals surface area contributed by atoms with Crippen LogP contribution in [0.1, 0.15) is 18.0 Å². The summed E-state index contributed by atoms with van der Waals surface area (Å²) < 4.78 is 2.89. The average molecular weight is 528 g/mol. The average Bonchev–Trinajstić information content (AvgIpc) is 3.23. The van der Waals surface area contributed by atoms with E-state index in [0.717, 1.165) is 9.13 Å². The molecule has 29 heavy (non-hydrogen) atoms. The van der Waals surface area contributed by atoms with Crippen molar-refractivity contribution in [3.8, 4) is 0 Å². The normalized spacial score (nSPS) is 30.5. The minimum atomic E-state index is -1.00. The van der Waals surface area contributed by atoms with Crippen molar-refractivity contribution in [2.24, 2.45) is 11.3 Å². The van der Waals surface area contributed by atoms with Crippen molar-refractivity contribution >= 4 is 51.2 Å². The van der Waals surface area contributed by atoms with Crippen molar-refractivity contribution < 1.29 is 15.3 Å². The highest BCUT2D eigenvalue weighted by molar-refractivity contribution is 14.1. The van der Waals surface area contributed by atoms with Crippen LogP contribution in [0.25, 0.3) is 11.2 Å². The third-order valence-electron chi connectivity index (χ3n) is 6.21. The van der Waals surface area contributed by atoms with Gasteiger partial charge in [-0.15, -0.1) is 0 Å². The second-order valence-electron chi connectivity index (χ2n) is 7.78. The van der Waals surface area contributed by atoms with Gasteiger partial charge in [-0.25, -0.2) is 4.98 Å². The molecule has 2 fully saturated rings. The van der Waals surface area contributed by atoms with Gasteiger partial charge in [0.05, 0.1) is 25.1 Å². The molecule has 0 saturated heterocycles. The molecule has 2 aromatic heterocycles. The number of hydrogen-bond acceptors (Lipinski definition) is 7. The van der Waals surface area contributed by atoms with Gasteiger partial charge >= 0.3 is 0 Å². The predicted molar refractivity (Wildman–Crippen MR) is 115 cm³/mol. The topological polar surface area (TPSA) is 116 Å². The molecule has 10 heteroatoms. The Bertz CT molecular complexity index is 1090. The maximum absolute atomic E-state index is 10.6. The predicted octanol–water partition coefficient (Wildman–Crippen LogP) is 1.97. The molecule has 0 aliphatic heterocycles. The summed E-state index contributed by atoms with van der Waals surface area (Å²) in [5.74, 6) is 0.473. The summed E-state index contributed by atoms with van der Waals surface area (Å²) in [4.78, 5) is 13.1. The first-order valence-electron chi connectivity index (χ1n) is 9.30. The number of aromatic nitrogens is 4. The molecule has 2 aliphatic carbocycles. The molecule has 0 amide bonds. The van der Waals surface area contributed by atoms with E-state index in [1.807, 2.05) is 18.2 Å². The number of anilines is 1. The number of nitrogens with zero attached hydrogens (tertiary/aromatic N) is 4. The van der Waals surface area contributed by atoms with Crippen LogP contribution in [0.15, 0.2) is 30.6 Å². The van der Waals surface area contributed by atoms with E-state index in [0.29, 0.717) is 29.9 Å². The lowest BCUT2D eigenvalue weighted by Crippen LogP contribution is -2.35. The van der Waals surface area contributed by atoms with Gasteiger partial charge in [0.1, 0.15) is 6.10 Å². The zero-order valence-corrected chi connectivity index (χ0v) is 18.1. The quantitative estimate of drug-likeness (QED) is 0.296. The first-order chi connectivity index (χ1) is 13.9. The molecule has 2 saturated carbocycles. The largest absolute Gasteiger partial charge is 0.396 e. The van der Waals surface area contributed by atoms with E-state index in [9.17, 15) is 15.3 Å². The van der Waals surface area contributed by atoms with Gasteiger partial charge in [-0.3, -0.25) is 0 Å². The van der Waals surface area contributed by atoms with E-state index in [4.69, 9.17) is 11.6 Å². The fourth-order valence-corrected chi connectivity index (χ4v) is 5.39. The van der Waals surface area contributed by atoms with Crippen LogP contribution in [0.5, 0.6) is 0 Å². The molecule has 3 aromatic rings. The van der Waals surface area contributed by atoms with E-state index >= 15 is 0 Å². The standard InChI is InChI=1S/C19H19ClIN5O3/c20-18-24-16(22-6-9-2-1-3-10(21)4-9)12-17(25-18)26(8-23-12)13-11-5-19(11,7-27)15(29)14(13)28/h1-4,8,11,13-15,27-29H,5-7H2,(H,22,24,25)/t11?,13-,14+,15+,19+/m1/s1. The minimum absolute atomic E-state index is 0.0357. The number of imidazole rings is 1. The van der Waals surface area contributed by atoms with Crippen molar-refractivity contribution in [1.29, 1.82) is 0 Å². The van der Waals surface area contributed by atoms with Crippen LogP contribution in [-0.2, 0) is 6.54 Å². The van der Waals surface area contributed by atoms with Gasteiger partial charge in [0.2, 0.25) is 5.28 Å². The molecule has 5 atom stereocenters. The number of halogens is 2. The van der Waals surface area contributed by atoms with E-state index in [-0.39, 0.29) is 17.8 Å². The summed E-state index contributed by atoms with van der Waals surface area (Å²) >= 11 is 8.44. The lowest BCUT2D eigenvalue weighted by Gasteiger charge is -2.23. The van der Waals surface area contributed by atoms with Gasteiger partial charge in [0, 0.05) is 15.5 Å². The van der Waals surface area contributed by atoms with E-state index in [1.54, 1.807) is 10.9 Å². The van der Waals surface area contributed by atoms with Crippen molar-refractivity contribution in [1.82, 2.24) is 19.5 Å². The fourth-order valence-electron chi connectivity index (χ4n) is 4.61. The Morgan fingerprint density at radius 1 is 1.31 bits per heavy atom. The zero-order valence-electron chi connectivity index (χ0n) is 15.2. The Morgan fingerprint density at radius 2 is 2.14 bits per heavy atom. The lowest BCUT2D eigenvalue weighted by atomic mass is 10.0. The molecular formula is C19H19ClIN5O3. The molecular weight excluding hydrogens is 509 g/mol. The number of fused-ring (bicyclic) bond motifs is 2. The number of aliphatic hydroxyl groups excluding tert-OH is 3. The summed E-state index contributed by atoms with van der Waals surface area (Å²) in [5.41, 5.74) is 1.50. The van der Waals surface area contributed by atoms with E-state index in [1.165, 1.54) is 0 Å². The Kier molecular flexibility index (Phi) is 4.70. The molecule has 0 bridgehead atoms. The highest BCUT2D eigenvalue weighted by Crippen LogP contribution is 2.67. The van der Waals surface area contributed by atoms with Gasteiger partial charge in [0.15, 0.2) is 17.0 Å². The highest BCUT2D eigenvalue weighted by Gasteiger charge is 2.71. The molecule has 152 valence electrons. The van der Waals surface area contributed by atoms with Gasteiger partial charge in [0.25, 0.3) is 0 Å². The monoisotopic (exact) mass is 527 g/mol. The molecule has 8 nitrogen and oxygen atoms in total. The Balaban J connectivity index is 1.49. The third kappa shape index (κ3) is 3.02. The van der Waals surface area contributed by atoms with Crippen molar-refractivity contribution in [2.45, 2.75) is 31.2 Å². The Labute approximate surface area is 185 Å². The van der Waals surface area contributed by atoms with Gasteiger partial charge in [-0.2, -0.15) is 9.97 Å². The molecule has 5 rings (SSSR count). The first-order valence-corrected chi connectivity index (χ1v) is 10.8. The SMILES string of the molecule is OC[C@@]12CC1[C@@H](n1cnc3c(NCc4cccc(I)c4)nc(Cl)nc31)[C@H](O)[C@@H]2O. The Hall–Kier alpha value is -1.53. The first kappa shape index (κ1) is 19.4. The van der Waals surface area contributed by atoms with Gasteiger partial charge < -0.3 is 25.2 Å². The summed E-state index contributed by atoms with van der Waals surface area (Å²) in [6.45, 7) is 0.393. The van der Waals surface area contributed by atoms with Crippen LogP contribution in [0, 0.1) is 14.9 Å². The van der Waals surface area contributed by atoms with Gasteiger partial charge in [-0.05, 0) is 64.2 Å². The van der Waals surface area contributed by atoms with Gasteiger partial charge in [-0.1, -0.05) is 12.1 Å². The van der Waals surface area contributed by atoms with Crippen molar-refractivity contribution in [3.05, 3.63) is 45.0 Å². The summed E-state index contributed by atoms with van der Waals surface area (Å²) in [6.07, 6.45) is 0.270. The molecule has 2 heterocycles. The van der Waals surface area contributed by atoms with Crippen LogP contribution in [-0.4, -0.2) is 53.7 Å². The maximum atomic E-state index is 10.6. The molecule has 0 spiro atoms. The number of benzene rings is 1. The Morgan fingerprint density at radius 3 is 2.86 bits per heavy atom. The maximum Gasteiger partial charge on any atom is 0.226 e. The summed E-state index contributed by atoms with van der Waals surface area (Å²) in [7, 11) is 0. The molecule has 0 radical (unpaired) electrons. The van der Waals surface area contributed by atoms with Crippen LogP contribution in [0.4, 0.5) is 5.82 Å². The minimum Gasteiger partial charge on any atom is -0.396 e. The molecule has 4 N–H and O–H groups in total. The number of nitrogens with one attached hydrogen (secondary N) is 1. The lowest BCUT2D eigenvalue weighted by molar-refractivity contribution is -0.0300. The van der Waals surface area contributed by atoms with E-state index in [2.05, 4.69) is 48.9 Å².